The van der Waals surface area contributed by atoms with Gasteiger partial charge in [-0.05, 0) is 152 Å². The molecule has 404 valence electrons. The lowest BCUT2D eigenvalue weighted by Gasteiger charge is -2.43. The maximum atomic E-state index is 9.79. The largest absolute Gasteiger partial charge is 0.457 e. The number of hydrogen-bond acceptors (Lipinski definition) is 4. The lowest BCUT2D eigenvalue weighted by molar-refractivity contribution is 0.333. The molecule has 5 heteroatoms. The third-order valence-electron chi connectivity index (χ3n) is 17.1. The Bertz CT molecular complexity index is 4080. The predicted octanol–water partition coefficient (Wildman–Crippen LogP) is 20.7. The summed E-state index contributed by atoms with van der Waals surface area (Å²) < 4.78 is 28.8. The molecule has 80 heavy (non-hydrogen) atoms. The molecule has 2 aliphatic rings. The van der Waals surface area contributed by atoms with Gasteiger partial charge in [-0.25, -0.2) is 4.98 Å². The lowest BCUT2D eigenvalue weighted by atomic mass is 9.61. The molecule has 2 aromatic heterocycles. The molecule has 10 aromatic rings. The summed E-state index contributed by atoms with van der Waals surface area (Å²) in [6, 6.07) is 63.6. The topological polar surface area (TPSA) is 33.5 Å². The van der Waals surface area contributed by atoms with Gasteiger partial charge in [-0.1, -0.05) is 198 Å². The maximum Gasteiger partial charge on any atom is 0.137 e. The van der Waals surface area contributed by atoms with Crippen LogP contribution in [-0.4, -0.2) is 16.2 Å². The Morgan fingerprint density at radius 1 is 0.562 bits per heavy atom. The molecule has 1 aliphatic heterocycles. The standard InChI is InChI=1S/C75H78N4O/c1-48(2)38-51-42-69(76-46-63(51)62-28-21-29-64-70(62)75(12,13)37-36-74(64,10)11)79-67-39-49(3)32-34-60(67)61-35-33-57(45-68(61)79)80-56-25-19-24-55(44-56)77-47-78(66-31-18-17-30-65(66)77)71-58(50-22-15-14-16-23-50)26-20-27-59(71)52-40-53(72(4,5)6)43-54(41-52)73(7,8)9/h14-35,39-46,48H,36-38,47H2,1-13H3/i38D2. The van der Waals surface area contributed by atoms with Crippen molar-refractivity contribution < 1.29 is 7.48 Å². The van der Waals surface area contributed by atoms with Crippen LogP contribution in [0.15, 0.2) is 182 Å². The zero-order valence-electron chi connectivity index (χ0n) is 51.2. The van der Waals surface area contributed by atoms with Crippen molar-refractivity contribution in [1.29, 1.82) is 0 Å². The Labute approximate surface area is 478 Å². The number of ether oxygens (including phenoxy) is 1. The SMILES string of the molecule is [2H]C([2H])(c1cc(-n2c3cc(C)ccc3c3ccc(Oc4cccc(N5CN(c6c(-c7ccccc7)cccc6-c6cc(C(C)(C)C)cc(C(C)(C)C)c6)c6ccccc65)c4)cc32)ncc1-c1cccc2c1C(C)(C)CCC2(C)C)C(C)C. The number of anilines is 4. The van der Waals surface area contributed by atoms with E-state index >= 15 is 0 Å². The van der Waals surface area contributed by atoms with Crippen molar-refractivity contribution in [2.24, 2.45) is 5.92 Å². The van der Waals surface area contributed by atoms with E-state index in [-0.39, 0.29) is 27.6 Å². The van der Waals surface area contributed by atoms with Crippen LogP contribution < -0.4 is 14.5 Å². The van der Waals surface area contributed by atoms with Crippen LogP contribution in [0.5, 0.6) is 11.5 Å². The fourth-order valence-corrected chi connectivity index (χ4v) is 12.6. The Balaban J connectivity index is 0.947. The summed E-state index contributed by atoms with van der Waals surface area (Å²) in [5.41, 5.74) is 20.0. The van der Waals surface area contributed by atoms with Crippen molar-refractivity contribution in [2.45, 2.75) is 131 Å². The van der Waals surface area contributed by atoms with Gasteiger partial charge in [-0.2, -0.15) is 0 Å². The minimum absolute atomic E-state index is 0.00538. The maximum absolute atomic E-state index is 9.79. The van der Waals surface area contributed by atoms with Gasteiger partial charge in [0, 0.05) is 54.2 Å². The summed E-state index contributed by atoms with van der Waals surface area (Å²) in [5.74, 6) is 1.79. The van der Waals surface area contributed by atoms with Gasteiger partial charge in [0.05, 0.1) is 28.1 Å². The molecule has 1 aliphatic carbocycles. The molecule has 0 saturated heterocycles. The molecule has 0 spiro atoms. The first-order valence-electron chi connectivity index (χ1n) is 29.9. The van der Waals surface area contributed by atoms with Crippen LogP contribution in [0.1, 0.15) is 132 Å². The normalized spacial score (nSPS) is 15.5. The van der Waals surface area contributed by atoms with E-state index in [4.69, 9.17) is 9.72 Å². The summed E-state index contributed by atoms with van der Waals surface area (Å²) >= 11 is 0. The molecule has 8 aromatic carbocycles. The molecule has 0 atom stereocenters. The minimum Gasteiger partial charge on any atom is -0.457 e. The van der Waals surface area contributed by atoms with Crippen molar-refractivity contribution in [3.8, 4) is 50.7 Å². The Morgan fingerprint density at radius 3 is 1.86 bits per heavy atom. The smallest absolute Gasteiger partial charge is 0.137 e. The highest BCUT2D eigenvalue weighted by molar-refractivity contribution is 6.10. The first kappa shape index (κ1) is 50.3. The first-order chi connectivity index (χ1) is 38.9. The summed E-state index contributed by atoms with van der Waals surface area (Å²) in [7, 11) is 0. The molecule has 0 saturated carbocycles. The number of pyridine rings is 1. The zero-order valence-corrected chi connectivity index (χ0v) is 49.2. The first-order valence-corrected chi connectivity index (χ1v) is 28.9. The number of rotatable bonds is 10. The van der Waals surface area contributed by atoms with Gasteiger partial charge in [-0.3, -0.25) is 4.57 Å². The summed E-state index contributed by atoms with van der Waals surface area (Å²) in [5, 5.41) is 2.17. The molecule has 0 unspecified atom stereocenters. The lowest BCUT2D eigenvalue weighted by Crippen LogP contribution is -2.34. The number of aryl methyl sites for hydroxylation is 1. The van der Waals surface area contributed by atoms with Crippen molar-refractivity contribution in [1.82, 2.24) is 9.55 Å². The third-order valence-corrected chi connectivity index (χ3v) is 17.1. The fourth-order valence-electron chi connectivity index (χ4n) is 12.6. The van der Waals surface area contributed by atoms with Crippen LogP contribution in [-0.2, 0) is 28.0 Å². The van der Waals surface area contributed by atoms with Crippen LogP contribution in [0.25, 0.3) is 61.0 Å². The van der Waals surface area contributed by atoms with Crippen LogP contribution in [0, 0.1) is 12.8 Å². The summed E-state index contributed by atoms with van der Waals surface area (Å²) in [6.45, 7) is 29.9. The number of nitrogens with zero attached hydrogens (tertiary/aromatic N) is 4. The molecular formula is C75H78N4O. The fraction of sp³-hybridized carbons (Fsp3) is 0.293. The van der Waals surface area contributed by atoms with Gasteiger partial charge in [-0.15, -0.1) is 0 Å². The van der Waals surface area contributed by atoms with Gasteiger partial charge in [0.25, 0.3) is 0 Å². The van der Waals surface area contributed by atoms with Crippen LogP contribution in [0.3, 0.4) is 0 Å². The van der Waals surface area contributed by atoms with E-state index < -0.39 is 6.37 Å². The van der Waals surface area contributed by atoms with Gasteiger partial charge in [0.2, 0.25) is 0 Å². The summed E-state index contributed by atoms with van der Waals surface area (Å²) in [4.78, 5) is 10.2. The van der Waals surface area contributed by atoms with Gasteiger partial charge >= 0.3 is 0 Å². The Kier molecular flexibility index (Phi) is 12.4. The van der Waals surface area contributed by atoms with E-state index in [0.717, 1.165) is 74.1 Å². The quantitative estimate of drug-likeness (QED) is 0.137. The third kappa shape index (κ3) is 9.56. The highest BCUT2D eigenvalue weighted by Gasteiger charge is 2.39. The molecule has 0 radical (unpaired) electrons. The van der Waals surface area contributed by atoms with E-state index in [1.54, 1.807) is 0 Å². The van der Waals surface area contributed by atoms with Gasteiger partial charge < -0.3 is 14.5 Å². The van der Waals surface area contributed by atoms with Crippen molar-refractivity contribution in [2.75, 3.05) is 16.5 Å². The zero-order chi connectivity index (χ0) is 57.8. The Hall–Kier alpha value is -7.89. The van der Waals surface area contributed by atoms with Gasteiger partial charge in [0.15, 0.2) is 0 Å². The van der Waals surface area contributed by atoms with Crippen LogP contribution in [0.2, 0.25) is 0 Å². The van der Waals surface area contributed by atoms with E-state index in [2.05, 4.69) is 254 Å². The van der Waals surface area contributed by atoms with Gasteiger partial charge in [0.1, 0.15) is 24.0 Å². The van der Waals surface area contributed by atoms with Crippen molar-refractivity contribution >= 4 is 44.6 Å². The number of para-hydroxylation sites is 3. The minimum atomic E-state index is -1.66. The van der Waals surface area contributed by atoms with Crippen molar-refractivity contribution in [3.05, 3.63) is 216 Å². The molecule has 0 amide bonds. The van der Waals surface area contributed by atoms with E-state index in [0.29, 0.717) is 23.8 Å². The molecule has 0 N–H and O–H groups in total. The number of benzene rings is 8. The monoisotopic (exact) mass is 1050 g/mol. The van der Waals surface area contributed by atoms with Crippen LogP contribution in [0.4, 0.5) is 22.7 Å². The molecule has 3 heterocycles. The Morgan fingerprint density at radius 2 is 1.16 bits per heavy atom. The highest BCUT2D eigenvalue weighted by Crippen LogP contribution is 2.53. The molecule has 5 nitrogen and oxygen atoms in total. The summed E-state index contributed by atoms with van der Waals surface area (Å²) in [6.07, 6.45) is 2.44. The second kappa shape index (κ2) is 19.7. The molecular weight excluding hydrogens is 973 g/mol. The number of aromatic nitrogens is 2. The average Bonchev–Trinajstić information content (AvgIpc) is 3.84. The van der Waals surface area contributed by atoms with Crippen LogP contribution >= 0.6 is 0 Å². The molecule has 12 rings (SSSR count). The average molecular weight is 1050 g/mol. The number of fused-ring (bicyclic) bond motifs is 5. The highest BCUT2D eigenvalue weighted by atomic mass is 16.5. The second-order valence-corrected chi connectivity index (χ2v) is 26.4. The number of hydrogen-bond donors (Lipinski definition) is 0. The predicted molar refractivity (Wildman–Crippen MR) is 339 cm³/mol. The molecule has 0 bridgehead atoms. The van der Waals surface area contributed by atoms with Crippen molar-refractivity contribution in [3.63, 3.8) is 0 Å². The second-order valence-electron chi connectivity index (χ2n) is 26.4. The van der Waals surface area contributed by atoms with E-state index in [1.807, 2.05) is 32.2 Å². The van der Waals surface area contributed by atoms with E-state index in [9.17, 15) is 2.74 Å². The van der Waals surface area contributed by atoms with E-state index in [1.165, 1.54) is 50.2 Å². The molecule has 0 fully saturated rings.